The van der Waals surface area contributed by atoms with Crippen molar-refractivity contribution in [1.29, 1.82) is 0 Å². The van der Waals surface area contributed by atoms with Gasteiger partial charge in [-0.3, -0.25) is 4.79 Å². The zero-order valence-corrected chi connectivity index (χ0v) is 14.7. The van der Waals surface area contributed by atoms with E-state index in [-0.39, 0.29) is 23.9 Å². The fourth-order valence-corrected chi connectivity index (χ4v) is 3.46. The fourth-order valence-electron chi connectivity index (χ4n) is 3.46. The minimum atomic E-state index is 0.00167. The highest BCUT2D eigenvalue weighted by atomic mass is 16.5. The molecule has 1 saturated heterocycles. The van der Waals surface area contributed by atoms with E-state index in [1.165, 1.54) is 11.1 Å². The molecule has 4 nitrogen and oxygen atoms in total. The molecule has 2 N–H and O–H groups in total. The molecule has 132 valence electrons. The average Bonchev–Trinajstić information content (AvgIpc) is 2.64. The third kappa shape index (κ3) is 4.91. The van der Waals surface area contributed by atoms with Crippen molar-refractivity contribution in [1.82, 2.24) is 10.6 Å². The predicted molar refractivity (Wildman–Crippen MR) is 99.6 cm³/mol. The summed E-state index contributed by atoms with van der Waals surface area (Å²) in [5.41, 5.74) is 2.42. The number of ether oxygens (including phenoxy) is 1. The Balaban J connectivity index is 1.71. The lowest BCUT2D eigenvalue weighted by Gasteiger charge is -2.28. The number of carbonyl (C=O) groups is 1. The third-order valence-electron chi connectivity index (χ3n) is 4.64. The van der Waals surface area contributed by atoms with Gasteiger partial charge in [0.25, 0.3) is 0 Å². The van der Waals surface area contributed by atoms with Crippen LogP contribution in [0, 0.1) is 0 Å². The Morgan fingerprint density at radius 3 is 2.24 bits per heavy atom. The highest BCUT2D eigenvalue weighted by molar-refractivity contribution is 5.77. The average molecular weight is 338 g/mol. The van der Waals surface area contributed by atoms with Crippen LogP contribution in [0.25, 0.3) is 0 Å². The molecule has 3 rings (SSSR count). The first kappa shape index (κ1) is 17.6. The Morgan fingerprint density at radius 1 is 1.12 bits per heavy atom. The molecule has 2 aromatic rings. The van der Waals surface area contributed by atoms with Gasteiger partial charge in [-0.05, 0) is 18.1 Å². The molecule has 2 atom stereocenters. The summed E-state index contributed by atoms with van der Waals surface area (Å²) < 4.78 is 5.43. The Bertz CT molecular complexity index is 615. The van der Waals surface area contributed by atoms with E-state index in [4.69, 9.17) is 4.74 Å². The summed E-state index contributed by atoms with van der Waals surface area (Å²) in [5.74, 6) is 0.189. The molecule has 1 amide bonds. The molecule has 4 heteroatoms. The van der Waals surface area contributed by atoms with E-state index in [0.717, 1.165) is 13.2 Å². The van der Waals surface area contributed by atoms with Crippen LogP contribution in [0.15, 0.2) is 60.7 Å². The first-order valence-corrected chi connectivity index (χ1v) is 8.94. The van der Waals surface area contributed by atoms with Gasteiger partial charge in [0.05, 0.1) is 13.2 Å². The largest absolute Gasteiger partial charge is 0.378 e. The lowest BCUT2D eigenvalue weighted by molar-refractivity contribution is -0.123. The van der Waals surface area contributed by atoms with Crippen LogP contribution in [0.4, 0.5) is 0 Å². The first-order valence-electron chi connectivity index (χ1n) is 8.94. The van der Waals surface area contributed by atoms with Crippen molar-refractivity contribution in [2.45, 2.75) is 31.3 Å². The van der Waals surface area contributed by atoms with Gasteiger partial charge in [0.15, 0.2) is 0 Å². The second-order valence-corrected chi connectivity index (χ2v) is 6.59. The number of amides is 1. The minimum Gasteiger partial charge on any atom is -0.378 e. The molecule has 0 aromatic heterocycles. The highest BCUT2D eigenvalue weighted by Gasteiger charge is 2.24. The molecule has 2 aromatic carbocycles. The van der Waals surface area contributed by atoms with Crippen molar-refractivity contribution in [2.75, 3.05) is 19.8 Å². The molecule has 0 spiro atoms. The zero-order chi connectivity index (χ0) is 17.5. The normalized spacial score (nSPS) is 18.7. The molecule has 2 unspecified atom stereocenters. The van der Waals surface area contributed by atoms with E-state index < -0.39 is 0 Å². The molecular formula is C21H26N2O2. The molecule has 0 radical (unpaired) electrons. The number of hydrogen-bond donors (Lipinski definition) is 2. The monoisotopic (exact) mass is 338 g/mol. The third-order valence-corrected chi connectivity index (χ3v) is 4.64. The lowest BCUT2D eigenvalue weighted by Crippen LogP contribution is -2.46. The van der Waals surface area contributed by atoms with Crippen LogP contribution in [0.5, 0.6) is 0 Å². The van der Waals surface area contributed by atoms with Gasteiger partial charge in [-0.1, -0.05) is 60.7 Å². The van der Waals surface area contributed by atoms with Crippen molar-refractivity contribution in [2.24, 2.45) is 0 Å². The van der Waals surface area contributed by atoms with Crippen molar-refractivity contribution in [3.63, 3.8) is 0 Å². The van der Waals surface area contributed by atoms with Gasteiger partial charge >= 0.3 is 0 Å². The van der Waals surface area contributed by atoms with Gasteiger partial charge in [-0.2, -0.15) is 0 Å². The van der Waals surface area contributed by atoms with Gasteiger partial charge in [-0.25, -0.2) is 0 Å². The standard InChI is InChI=1S/C21H26N2O2/c1-16(23-20(24)14-19-15-25-13-12-22-19)21(17-8-4-2-5-9-17)18-10-6-3-7-11-18/h2-11,16,19,21-22H,12-15H2,1H3,(H,23,24). The van der Waals surface area contributed by atoms with Crippen LogP contribution in [-0.4, -0.2) is 37.7 Å². The highest BCUT2D eigenvalue weighted by Crippen LogP contribution is 2.28. The zero-order valence-electron chi connectivity index (χ0n) is 14.7. The van der Waals surface area contributed by atoms with E-state index in [1.54, 1.807) is 0 Å². The number of benzene rings is 2. The van der Waals surface area contributed by atoms with Crippen molar-refractivity contribution in [3.8, 4) is 0 Å². The van der Waals surface area contributed by atoms with Gasteiger partial charge < -0.3 is 15.4 Å². The maximum Gasteiger partial charge on any atom is 0.221 e. The second kappa shape index (κ2) is 8.79. The maximum atomic E-state index is 12.5. The number of rotatable bonds is 6. The van der Waals surface area contributed by atoms with E-state index in [0.29, 0.717) is 13.0 Å². The topological polar surface area (TPSA) is 50.4 Å². The summed E-state index contributed by atoms with van der Waals surface area (Å²) in [4.78, 5) is 12.5. The van der Waals surface area contributed by atoms with Crippen molar-refractivity contribution >= 4 is 5.91 Å². The van der Waals surface area contributed by atoms with Crippen LogP contribution in [0.3, 0.4) is 0 Å². The molecule has 25 heavy (non-hydrogen) atoms. The summed E-state index contributed by atoms with van der Waals surface area (Å²) in [6.07, 6.45) is 0.445. The van der Waals surface area contributed by atoms with Crippen LogP contribution in [-0.2, 0) is 9.53 Å². The molecule has 1 fully saturated rings. The summed E-state index contributed by atoms with van der Waals surface area (Å²) in [5, 5.41) is 6.52. The van der Waals surface area contributed by atoms with Crippen molar-refractivity contribution < 1.29 is 9.53 Å². The maximum absolute atomic E-state index is 12.5. The van der Waals surface area contributed by atoms with Crippen LogP contribution < -0.4 is 10.6 Å². The fraction of sp³-hybridized carbons (Fsp3) is 0.381. The van der Waals surface area contributed by atoms with Gasteiger partial charge in [0.2, 0.25) is 5.91 Å². The number of morpholine rings is 1. The van der Waals surface area contributed by atoms with Gasteiger partial charge in [0, 0.05) is 31.0 Å². The van der Waals surface area contributed by atoms with E-state index in [9.17, 15) is 4.79 Å². The number of nitrogens with one attached hydrogen (secondary N) is 2. The molecule has 0 bridgehead atoms. The van der Waals surface area contributed by atoms with Crippen LogP contribution in [0.2, 0.25) is 0 Å². The molecule has 1 aliphatic rings. The number of hydrogen-bond acceptors (Lipinski definition) is 3. The summed E-state index contributed by atoms with van der Waals surface area (Å²) >= 11 is 0. The summed E-state index contributed by atoms with van der Waals surface area (Å²) in [6, 6.07) is 20.8. The molecule has 1 heterocycles. The number of carbonyl (C=O) groups excluding carboxylic acids is 1. The Kier molecular flexibility index (Phi) is 6.20. The minimum absolute atomic E-state index is 0.00167. The predicted octanol–water partition coefficient (Wildman–Crippen LogP) is 2.70. The van der Waals surface area contributed by atoms with Gasteiger partial charge in [-0.15, -0.1) is 0 Å². The lowest BCUT2D eigenvalue weighted by atomic mass is 9.85. The first-order chi connectivity index (χ1) is 12.2. The molecular weight excluding hydrogens is 312 g/mol. The quantitative estimate of drug-likeness (QED) is 0.851. The SMILES string of the molecule is CC(NC(=O)CC1COCCN1)C(c1ccccc1)c1ccccc1. The van der Waals surface area contributed by atoms with Crippen molar-refractivity contribution in [3.05, 3.63) is 71.8 Å². The summed E-state index contributed by atoms with van der Waals surface area (Å²) in [7, 11) is 0. The van der Waals surface area contributed by atoms with E-state index in [1.807, 2.05) is 36.4 Å². The Labute approximate surface area is 149 Å². The van der Waals surface area contributed by atoms with Gasteiger partial charge in [0.1, 0.15) is 0 Å². The van der Waals surface area contributed by atoms with E-state index in [2.05, 4.69) is 41.8 Å². The molecule has 0 saturated carbocycles. The smallest absolute Gasteiger partial charge is 0.221 e. The Morgan fingerprint density at radius 2 is 1.72 bits per heavy atom. The second-order valence-electron chi connectivity index (χ2n) is 6.59. The summed E-state index contributed by atoms with van der Waals surface area (Å²) in [6.45, 7) is 4.21. The molecule has 0 aliphatic carbocycles. The van der Waals surface area contributed by atoms with Crippen LogP contribution in [0.1, 0.15) is 30.4 Å². The molecule has 1 aliphatic heterocycles. The Hall–Kier alpha value is -2.17. The van der Waals surface area contributed by atoms with E-state index >= 15 is 0 Å². The van der Waals surface area contributed by atoms with Crippen LogP contribution >= 0.6 is 0 Å².